The molecule has 2 unspecified atom stereocenters. The fourth-order valence-corrected chi connectivity index (χ4v) is 2.46. The lowest BCUT2D eigenvalue weighted by Gasteiger charge is -2.46. The largest absolute Gasteiger partial charge is 0.383 e. The van der Waals surface area contributed by atoms with Gasteiger partial charge in [-0.2, -0.15) is 0 Å². The Morgan fingerprint density at radius 1 is 1.24 bits per heavy atom. The van der Waals surface area contributed by atoms with E-state index in [1.165, 1.54) is 0 Å². The van der Waals surface area contributed by atoms with Gasteiger partial charge in [-0.05, 0) is 20.4 Å². The molecule has 0 aliphatic carbocycles. The highest BCUT2D eigenvalue weighted by atomic mass is 16.7. The van der Waals surface area contributed by atoms with E-state index in [2.05, 4.69) is 25.7 Å². The minimum Gasteiger partial charge on any atom is -0.383 e. The Labute approximate surface area is 105 Å². The molecule has 104 valence electrons. The van der Waals surface area contributed by atoms with Crippen LogP contribution in [0.15, 0.2) is 0 Å². The van der Waals surface area contributed by atoms with Gasteiger partial charge in [0.25, 0.3) is 0 Å². The first-order valence-corrected chi connectivity index (χ1v) is 6.03. The van der Waals surface area contributed by atoms with E-state index in [-0.39, 0.29) is 17.9 Å². The van der Waals surface area contributed by atoms with Crippen LogP contribution in [-0.4, -0.2) is 63.8 Å². The number of rotatable bonds is 9. The molecule has 5 nitrogen and oxygen atoms in total. The number of methoxy groups -OCH3 is 3. The van der Waals surface area contributed by atoms with E-state index >= 15 is 0 Å². The zero-order valence-corrected chi connectivity index (χ0v) is 12.0. The SMILES string of the molecule is CCN(C(C)COC)C(C)(CN)C(OC)OC. The lowest BCUT2D eigenvalue weighted by molar-refractivity contribution is -0.189. The van der Waals surface area contributed by atoms with Crippen molar-refractivity contribution in [1.29, 1.82) is 0 Å². The van der Waals surface area contributed by atoms with Crippen molar-refractivity contribution in [2.45, 2.75) is 38.6 Å². The minimum absolute atomic E-state index is 0.256. The summed E-state index contributed by atoms with van der Waals surface area (Å²) in [7, 11) is 4.97. The molecule has 2 N–H and O–H groups in total. The monoisotopic (exact) mass is 248 g/mol. The molecule has 0 aromatic rings. The third-order valence-corrected chi connectivity index (χ3v) is 3.29. The molecule has 0 radical (unpaired) electrons. The Kier molecular flexibility index (Phi) is 7.91. The molecule has 0 aromatic heterocycles. The van der Waals surface area contributed by atoms with Gasteiger partial charge in [-0.1, -0.05) is 6.92 Å². The zero-order chi connectivity index (χ0) is 13.5. The van der Waals surface area contributed by atoms with Crippen LogP contribution < -0.4 is 5.73 Å². The molecule has 0 amide bonds. The van der Waals surface area contributed by atoms with Crippen molar-refractivity contribution < 1.29 is 14.2 Å². The van der Waals surface area contributed by atoms with E-state index in [1.807, 2.05) is 0 Å². The summed E-state index contributed by atoms with van der Waals surface area (Å²) in [6, 6.07) is 0.256. The average Bonchev–Trinajstić information content (AvgIpc) is 2.31. The molecule has 0 spiro atoms. The second kappa shape index (κ2) is 8.00. The molecular weight excluding hydrogens is 220 g/mol. The maximum absolute atomic E-state index is 5.93. The molecule has 17 heavy (non-hydrogen) atoms. The first kappa shape index (κ1) is 16.8. The molecule has 0 aromatic carbocycles. The second-order valence-electron chi connectivity index (χ2n) is 4.46. The van der Waals surface area contributed by atoms with Gasteiger partial charge in [0.05, 0.1) is 12.1 Å². The first-order chi connectivity index (χ1) is 8.01. The van der Waals surface area contributed by atoms with E-state index in [0.29, 0.717) is 13.2 Å². The quantitative estimate of drug-likeness (QED) is 0.608. The van der Waals surface area contributed by atoms with E-state index < -0.39 is 0 Å². The number of likely N-dealkylation sites (N-methyl/N-ethyl adjacent to an activating group) is 1. The van der Waals surface area contributed by atoms with Gasteiger partial charge in [-0.25, -0.2) is 0 Å². The van der Waals surface area contributed by atoms with Gasteiger partial charge in [0.1, 0.15) is 0 Å². The minimum atomic E-state index is -0.365. The van der Waals surface area contributed by atoms with Gasteiger partial charge in [0, 0.05) is 33.9 Å². The Bertz CT molecular complexity index is 200. The van der Waals surface area contributed by atoms with Gasteiger partial charge < -0.3 is 19.9 Å². The van der Waals surface area contributed by atoms with Gasteiger partial charge in [0.15, 0.2) is 6.29 Å². The number of hydrogen-bond acceptors (Lipinski definition) is 5. The molecule has 5 heteroatoms. The summed E-state index contributed by atoms with van der Waals surface area (Å²) in [6.45, 7) is 8.25. The van der Waals surface area contributed by atoms with Crippen molar-refractivity contribution in [3.8, 4) is 0 Å². The number of hydrogen-bond donors (Lipinski definition) is 1. The predicted molar refractivity (Wildman–Crippen MR) is 69.0 cm³/mol. The third-order valence-electron chi connectivity index (χ3n) is 3.29. The zero-order valence-electron chi connectivity index (χ0n) is 12.0. The normalized spacial score (nSPS) is 17.5. The van der Waals surface area contributed by atoms with E-state index in [9.17, 15) is 0 Å². The summed E-state index contributed by atoms with van der Waals surface area (Å²) in [6.07, 6.45) is -0.355. The lowest BCUT2D eigenvalue weighted by Crippen LogP contribution is -2.63. The van der Waals surface area contributed by atoms with E-state index in [0.717, 1.165) is 6.54 Å². The van der Waals surface area contributed by atoms with Gasteiger partial charge >= 0.3 is 0 Å². The van der Waals surface area contributed by atoms with Crippen LogP contribution in [0.4, 0.5) is 0 Å². The Morgan fingerprint density at radius 3 is 2.06 bits per heavy atom. The highest BCUT2D eigenvalue weighted by Gasteiger charge is 2.40. The average molecular weight is 248 g/mol. The van der Waals surface area contributed by atoms with Crippen molar-refractivity contribution in [2.75, 3.05) is 41.0 Å². The van der Waals surface area contributed by atoms with Crippen LogP contribution in [0, 0.1) is 0 Å². The molecule has 0 saturated carbocycles. The molecule has 0 aliphatic rings. The molecule has 0 aliphatic heterocycles. The first-order valence-electron chi connectivity index (χ1n) is 6.03. The Hall–Kier alpha value is -0.200. The predicted octanol–water partition coefficient (Wildman–Crippen LogP) is 0.680. The summed E-state index contributed by atoms with van der Waals surface area (Å²) in [4.78, 5) is 2.26. The molecule has 0 rings (SSSR count). The van der Waals surface area contributed by atoms with Crippen LogP contribution in [0.5, 0.6) is 0 Å². The Morgan fingerprint density at radius 2 is 1.76 bits per heavy atom. The fraction of sp³-hybridized carbons (Fsp3) is 1.00. The summed E-state index contributed by atoms with van der Waals surface area (Å²) in [5, 5.41) is 0. The van der Waals surface area contributed by atoms with Crippen LogP contribution in [0.3, 0.4) is 0 Å². The Balaban J connectivity index is 5.00. The summed E-state index contributed by atoms with van der Waals surface area (Å²) >= 11 is 0. The maximum atomic E-state index is 5.93. The van der Waals surface area contributed by atoms with Crippen LogP contribution in [-0.2, 0) is 14.2 Å². The molecule has 0 bridgehead atoms. The van der Waals surface area contributed by atoms with Crippen molar-refractivity contribution in [3.63, 3.8) is 0 Å². The number of nitrogens with two attached hydrogens (primary N) is 1. The van der Waals surface area contributed by atoms with Crippen LogP contribution in [0.1, 0.15) is 20.8 Å². The smallest absolute Gasteiger partial charge is 0.176 e. The summed E-state index contributed by atoms with van der Waals surface area (Å²) in [5.41, 5.74) is 5.56. The number of nitrogens with zero attached hydrogens (tertiary/aromatic N) is 1. The summed E-state index contributed by atoms with van der Waals surface area (Å²) < 4.78 is 16.0. The van der Waals surface area contributed by atoms with Crippen LogP contribution in [0.2, 0.25) is 0 Å². The van der Waals surface area contributed by atoms with Gasteiger partial charge in [-0.15, -0.1) is 0 Å². The number of ether oxygens (including phenoxy) is 3. The maximum Gasteiger partial charge on any atom is 0.176 e. The second-order valence-corrected chi connectivity index (χ2v) is 4.46. The molecule has 0 fully saturated rings. The highest BCUT2D eigenvalue weighted by Crippen LogP contribution is 2.24. The summed E-state index contributed by atoms with van der Waals surface area (Å²) in [5.74, 6) is 0. The standard InChI is InChI=1S/C12H28N2O3/c1-7-14(10(2)8-15-4)12(3,9-13)11(16-5)17-6/h10-11H,7-9,13H2,1-6H3. The van der Waals surface area contributed by atoms with Gasteiger partial charge in [0.2, 0.25) is 0 Å². The molecule has 0 heterocycles. The molecule has 0 saturated heterocycles. The van der Waals surface area contributed by atoms with Gasteiger partial charge in [-0.3, -0.25) is 4.90 Å². The van der Waals surface area contributed by atoms with Crippen molar-refractivity contribution >= 4 is 0 Å². The molecular formula is C12H28N2O3. The highest BCUT2D eigenvalue weighted by molar-refractivity contribution is 4.93. The van der Waals surface area contributed by atoms with E-state index in [1.54, 1.807) is 21.3 Å². The lowest BCUT2D eigenvalue weighted by atomic mass is 9.96. The topological polar surface area (TPSA) is 57.0 Å². The van der Waals surface area contributed by atoms with Crippen LogP contribution in [0.25, 0.3) is 0 Å². The molecule has 2 atom stereocenters. The van der Waals surface area contributed by atoms with E-state index in [4.69, 9.17) is 19.9 Å². The van der Waals surface area contributed by atoms with Crippen LogP contribution >= 0.6 is 0 Å². The fourth-order valence-electron chi connectivity index (χ4n) is 2.46. The van der Waals surface area contributed by atoms with Crippen molar-refractivity contribution in [1.82, 2.24) is 4.90 Å². The third kappa shape index (κ3) is 3.89. The van der Waals surface area contributed by atoms with Crippen molar-refractivity contribution in [3.05, 3.63) is 0 Å². The van der Waals surface area contributed by atoms with Crippen molar-refractivity contribution in [2.24, 2.45) is 5.73 Å².